The minimum absolute atomic E-state index is 0.149. The minimum atomic E-state index is -7.67. The Morgan fingerprint density at radius 3 is 0.818 bits per heavy atom. The van der Waals surface area contributed by atoms with E-state index in [0.29, 0.717) is 9.79 Å². The molecule has 4 aromatic rings. The maximum atomic E-state index is 14.7. The quantitative estimate of drug-likeness (QED) is 0.146. The van der Waals surface area contributed by atoms with E-state index in [9.17, 15) is 52.7 Å². The predicted octanol–water partition coefficient (Wildman–Crippen LogP) is 11.4. The molecule has 0 unspecified atom stereocenters. The standard InChI is InChI=1S/C30H18F12S2/c31-25(32,19-11-15-23(16-12-19)43-21-7-3-1-4-8-21)27(35,36)29(39,40)30(41,42)28(37,38)26(33,34)20-13-17-24(18-14-20)44-22-9-5-2-6-10-22/h1-18H. The Balaban J connectivity index is 1.61. The highest BCUT2D eigenvalue weighted by Gasteiger charge is 2.90. The van der Waals surface area contributed by atoms with E-state index in [0.717, 1.165) is 47.8 Å². The van der Waals surface area contributed by atoms with E-state index in [1.165, 1.54) is 0 Å². The molecule has 44 heavy (non-hydrogen) atoms. The molecule has 4 rings (SSSR count). The van der Waals surface area contributed by atoms with Gasteiger partial charge in [0.2, 0.25) is 0 Å². The summed E-state index contributed by atoms with van der Waals surface area (Å²) in [5.41, 5.74) is -3.87. The van der Waals surface area contributed by atoms with Gasteiger partial charge in [0.1, 0.15) is 0 Å². The second-order valence-electron chi connectivity index (χ2n) is 9.33. The van der Waals surface area contributed by atoms with Gasteiger partial charge < -0.3 is 0 Å². The van der Waals surface area contributed by atoms with Gasteiger partial charge in [0, 0.05) is 30.7 Å². The third kappa shape index (κ3) is 5.78. The van der Waals surface area contributed by atoms with E-state index in [4.69, 9.17) is 0 Å². The van der Waals surface area contributed by atoms with Crippen molar-refractivity contribution < 1.29 is 52.7 Å². The molecule has 14 heteroatoms. The molecule has 0 saturated carbocycles. The van der Waals surface area contributed by atoms with Crippen LogP contribution >= 0.6 is 23.5 Å². The molecular weight excluding hydrogens is 652 g/mol. The highest BCUT2D eigenvalue weighted by Crippen LogP contribution is 2.63. The van der Waals surface area contributed by atoms with Gasteiger partial charge >= 0.3 is 35.5 Å². The molecular formula is C30H18F12S2. The van der Waals surface area contributed by atoms with Crippen LogP contribution in [0.2, 0.25) is 0 Å². The van der Waals surface area contributed by atoms with Crippen molar-refractivity contribution >= 4 is 23.5 Å². The van der Waals surface area contributed by atoms with Gasteiger partial charge in [0.25, 0.3) is 0 Å². The molecule has 0 fully saturated rings. The van der Waals surface area contributed by atoms with E-state index in [2.05, 4.69) is 0 Å². The lowest BCUT2D eigenvalue weighted by Gasteiger charge is -2.41. The van der Waals surface area contributed by atoms with Crippen molar-refractivity contribution in [3.63, 3.8) is 0 Å². The lowest BCUT2D eigenvalue weighted by molar-refractivity contribution is -0.429. The van der Waals surface area contributed by atoms with Gasteiger partial charge in [-0.15, -0.1) is 0 Å². The fourth-order valence-electron chi connectivity index (χ4n) is 3.87. The van der Waals surface area contributed by atoms with Crippen LogP contribution < -0.4 is 0 Å². The van der Waals surface area contributed by atoms with Crippen molar-refractivity contribution in [1.82, 2.24) is 0 Å². The topological polar surface area (TPSA) is 0 Å². The number of rotatable bonds is 11. The second kappa shape index (κ2) is 11.9. The predicted molar refractivity (Wildman–Crippen MR) is 142 cm³/mol. The zero-order valence-electron chi connectivity index (χ0n) is 21.7. The van der Waals surface area contributed by atoms with Gasteiger partial charge in [-0.1, -0.05) is 84.2 Å². The van der Waals surface area contributed by atoms with E-state index in [1.807, 2.05) is 0 Å². The Morgan fingerprint density at radius 2 is 0.545 bits per heavy atom. The molecule has 0 aliphatic carbocycles. The molecule has 0 N–H and O–H groups in total. The van der Waals surface area contributed by atoms with Crippen LogP contribution in [0.5, 0.6) is 0 Å². The molecule has 0 nitrogen and oxygen atoms in total. The minimum Gasteiger partial charge on any atom is -0.194 e. The van der Waals surface area contributed by atoms with Crippen LogP contribution in [-0.4, -0.2) is 23.7 Å². The van der Waals surface area contributed by atoms with Gasteiger partial charge in [-0.25, -0.2) is 0 Å². The maximum Gasteiger partial charge on any atom is 0.385 e. The van der Waals surface area contributed by atoms with Crippen LogP contribution in [0.1, 0.15) is 11.1 Å². The van der Waals surface area contributed by atoms with Crippen LogP contribution in [0, 0.1) is 0 Å². The summed E-state index contributed by atoms with van der Waals surface area (Å²) >= 11 is 1.89. The fourth-order valence-corrected chi connectivity index (χ4v) is 5.54. The summed E-state index contributed by atoms with van der Waals surface area (Å²) in [5, 5.41) is 0. The molecule has 0 amide bonds. The summed E-state index contributed by atoms with van der Waals surface area (Å²) in [6, 6.07) is 20.2. The molecule has 0 saturated heterocycles. The van der Waals surface area contributed by atoms with Gasteiger partial charge in [-0.2, -0.15) is 52.7 Å². The Hall–Kier alpha value is -3.26. The average molecular weight is 671 g/mol. The maximum absolute atomic E-state index is 14.7. The molecule has 0 spiro atoms. The first-order valence-corrected chi connectivity index (χ1v) is 13.9. The molecule has 4 aromatic carbocycles. The van der Waals surface area contributed by atoms with Crippen LogP contribution in [0.4, 0.5) is 52.7 Å². The van der Waals surface area contributed by atoms with E-state index in [1.54, 1.807) is 60.7 Å². The van der Waals surface area contributed by atoms with Crippen molar-refractivity contribution in [3.8, 4) is 0 Å². The van der Waals surface area contributed by atoms with Crippen molar-refractivity contribution in [2.45, 2.75) is 55.1 Å². The van der Waals surface area contributed by atoms with E-state index >= 15 is 0 Å². The molecule has 0 aliphatic heterocycles. The first-order chi connectivity index (χ1) is 20.4. The smallest absolute Gasteiger partial charge is 0.194 e. The Morgan fingerprint density at radius 1 is 0.295 bits per heavy atom. The van der Waals surface area contributed by atoms with Gasteiger partial charge in [0.05, 0.1) is 0 Å². The molecule has 0 radical (unpaired) electrons. The lowest BCUT2D eigenvalue weighted by atomic mass is 9.87. The summed E-state index contributed by atoms with van der Waals surface area (Å²) < 4.78 is 176. The monoisotopic (exact) mass is 670 g/mol. The largest absolute Gasteiger partial charge is 0.385 e. The molecule has 0 atom stereocenters. The summed E-state index contributed by atoms with van der Waals surface area (Å²) in [4.78, 5) is 1.43. The van der Waals surface area contributed by atoms with Crippen LogP contribution in [0.15, 0.2) is 129 Å². The number of hydrogen-bond donors (Lipinski definition) is 0. The SMILES string of the molecule is FC(F)(c1ccc(Sc2ccccc2)cc1)C(F)(F)C(F)(F)C(F)(F)C(F)(F)C(F)(F)c1ccc(Sc2ccccc2)cc1. The highest BCUT2D eigenvalue weighted by atomic mass is 32.2. The zero-order valence-corrected chi connectivity index (χ0v) is 23.4. The Kier molecular flexibility index (Phi) is 9.11. The average Bonchev–Trinajstić information content (AvgIpc) is 2.98. The number of benzene rings is 4. The third-order valence-electron chi connectivity index (χ3n) is 6.36. The first kappa shape index (κ1) is 33.6. The van der Waals surface area contributed by atoms with Crippen molar-refractivity contribution in [2.75, 3.05) is 0 Å². The lowest BCUT2D eigenvalue weighted by Crippen LogP contribution is -2.69. The molecule has 0 heterocycles. The third-order valence-corrected chi connectivity index (χ3v) is 8.39. The summed E-state index contributed by atoms with van der Waals surface area (Å²) in [5.74, 6) is -42.2. The van der Waals surface area contributed by atoms with Gasteiger partial charge in [-0.3, -0.25) is 0 Å². The van der Waals surface area contributed by atoms with E-state index in [-0.39, 0.29) is 34.1 Å². The second-order valence-corrected chi connectivity index (χ2v) is 11.6. The van der Waals surface area contributed by atoms with Crippen molar-refractivity contribution in [1.29, 1.82) is 0 Å². The van der Waals surface area contributed by atoms with Gasteiger partial charge in [0.15, 0.2) is 0 Å². The van der Waals surface area contributed by atoms with Crippen molar-refractivity contribution in [2.24, 2.45) is 0 Å². The van der Waals surface area contributed by atoms with Gasteiger partial charge in [-0.05, 0) is 48.5 Å². The molecule has 0 bridgehead atoms. The van der Waals surface area contributed by atoms with E-state index < -0.39 is 46.7 Å². The summed E-state index contributed by atoms with van der Waals surface area (Å²) in [6.45, 7) is 0. The molecule has 234 valence electrons. The Bertz CT molecular complexity index is 1420. The van der Waals surface area contributed by atoms with Crippen LogP contribution in [0.25, 0.3) is 0 Å². The highest BCUT2D eigenvalue weighted by molar-refractivity contribution is 7.99. The van der Waals surface area contributed by atoms with Crippen molar-refractivity contribution in [3.05, 3.63) is 120 Å². The normalized spacial score (nSPS) is 13.6. The fraction of sp³-hybridized carbons (Fsp3) is 0.200. The van der Waals surface area contributed by atoms with Crippen LogP contribution in [0.3, 0.4) is 0 Å². The summed E-state index contributed by atoms with van der Waals surface area (Å²) in [7, 11) is 0. The molecule has 0 aromatic heterocycles. The summed E-state index contributed by atoms with van der Waals surface area (Å²) in [6.07, 6.45) is 0. The number of hydrogen-bond acceptors (Lipinski definition) is 2. The molecule has 0 aliphatic rings. The number of halogens is 12. The van der Waals surface area contributed by atoms with Crippen LogP contribution in [-0.2, 0) is 11.8 Å². The zero-order chi connectivity index (χ0) is 32.6. The first-order valence-electron chi connectivity index (χ1n) is 12.3. The number of alkyl halides is 12. The Labute approximate surface area is 251 Å².